The molecule has 0 aromatic heterocycles. The summed E-state index contributed by atoms with van der Waals surface area (Å²) in [5.41, 5.74) is 0.264. The van der Waals surface area contributed by atoms with Gasteiger partial charge in [0.1, 0.15) is 0 Å². The van der Waals surface area contributed by atoms with Crippen LogP contribution in [0.3, 0.4) is 0 Å². The third kappa shape index (κ3) is 1.42. The predicted molar refractivity (Wildman–Crippen MR) is 45.4 cm³/mol. The number of benzene rings is 1. The summed E-state index contributed by atoms with van der Waals surface area (Å²) in [4.78, 5) is 19.0. The number of fused-ring (bicyclic) bond motifs is 1. The Bertz CT molecular complexity index is 465. The van der Waals surface area contributed by atoms with Crippen LogP contribution in [0.25, 0.3) is 0 Å². The molecule has 0 spiro atoms. The van der Waals surface area contributed by atoms with Crippen LogP contribution in [-0.4, -0.2) is 24.2 Å². The van der Waals surface area contributed by atoms with Crippen LogP contribution in [0.15, 0.2) is 28.2 Å². The number of carboxylic acids is 1. The van der Waals surface area contributed by atoms with E-state index < -0.39 is 5.97 Å². The number of hydrogen-bond donors (Lipinski definition) is 1. The summed E-state index contributed by atoms with van der Waals surface area (Å²) in [6.45, 7) is 1.34. The first-order chi connectivity index (χ1) is 6.27. The summed E-state index contributed by atoms with van der Waals surface area (Å²) >= 11 is 0. The Morgan fingerprint density at radius 2 is 1.92 bits per heavy atom. The average molecular weight is 176 g/mol. The SMILES string of the molecule is O=C(O)c1ccc2c(c1)=NCCN=2. The zero-order valence-electron chi connectivity index (χ0n) is 6.90. The van der Waals surface area contributed by atoms with E-state index in [4.69, 9.17) is 5.11 Å². The highest BCUT2D eigenvalue weighted by Crippen LogP contribution is 1.92. The molecule has 4 heteroatoms. The fraction of sp³-hybridized carbons (Fsp3) is 0.222. The fourth-order valence-electron chi connectivity index (χ4n) is 1.26. The second-order valence-corrected chi connectivity index (χ2v) is 2.77. The van der Waals surface area contributed by atoms with Crippen molar-refractivity contribution >= 4 is 5.97 Å². The molecule has 66 valence electrons. The minimum absolute atomic E-state index is 0.264. The molecule has 0 amide bonds. The lowest BCUT2D eigenvalue weighted by molar-refractivity contribution is 0.0696. The smallest absolute Gasteiger partial charge is 0.335 e. The van der Waals surface area contributed by atoms with Crippen molar-refractivity contribution in [3.63, 3.8) is 0 Å². The molecule has 1 aliphatic heterocycles. The molecule has 0 fully saturated rings. The van der Waals surface area contributed by atoms with Crippen molar-refractivity contribution in [2.24, 2.45) is 9.98 Å². The van der Waals surface area contributed by atoms with Gasteiger partial charge in [-0.15, -0.1) is 0 Å². The molecule has 0 saturated heterocycles. The molecular weight excluding hydrogens is 168 g/mol. The Balaban J connectivity index is 2.67. The van der Waals surface area contributed by atoms with Crippen molar-refractivity contribution in [1.29, 1.82) is 0 Å². The molecule has 0 radical (unpaired) electrons. The van der Waals surface area contributed by atoms with E-state index in [1.165, 1.54) is 0 Å². The van der Waals surface area contributed by atoms with E-state index in [9.17, 15) is 4.79 Å². The van der Waals surface area contributed by atoms with Crippen molar-refractivity contribution in [2.75, 3.05) is 13.1 Å². The summed E-state index contributed by atoms with van der Waals surface area (Å²) < 4.78 is 0. The maximum absolute atomic E-state index is 10.6. The van der Waals surface area contributed by atoms with Crippen molar-refractivity contribution in [2.45, 2.75) is 0 Å². The number of nitrogens with zero attached hydrogens (tertiary/aromatic N) is 2. The Hall–Kier alpha value is -1.71. The topological polar surface area (TPSA) is 62.0 Å². The first kappa shape index (κ1) is 7.91. The van der Waals surface area contributed by atoms with Gasteiger partial charge in [0.25, 0.3) is 0 Å². The van der Waals surface area contributed by atoms with Gasteiger partial charge in [0.05, 0.1) is 29.4 Å². The van der Waals surface area contributed by atoms with Crippen LogP contribution in [0, 0.1) is 0 Å². The van der Waals surface area contributed by atoms with Gasteiger partial charge in [-0.1, -0.05) is 0 Å². The Labute approximate surface area is 74.3 Å². The molecule has 0 saturated carbocycles. The van der Waals surface area contributed by atoms with E-state index in [-0.39, 0.29) is 5.56 Å². The van der Waals surface area contributed by atoms with Gasteiger partial charge in [0.15, 0.2) is 0 Å². The highest BCUT2D eigenvalue weighted by Gasteiger charge is 2.03. The van der Waals surface area contributed by atoms with E-state index in [1.807, 2.05) is 0 Å². The molecule has 1 heterocycles. The Morgan fingerprint density at radius 3 is 2.62 bits per heavy atom. The number of aromatic carboxylic acids is 1. The molecule has 4 nitrogen and oxygen atoms in total. The highest BCUT2D eigenvalue weighted by atomic mass is 16.4. The lowest BCUT2D eigenvalue weighted by Gasteiger charge is -1.99. The van der Waals surface area contributed by atoms with E-state index in [0.29, 0.717) is 18.4 Å². The second-order valence-electron chi connectivity index (χ2n) is 2.77. The maximum atomic E-state index is 10.6. The largest absolute Gasteiger partial charge is 0.478 e. The van der Waals surface area contributed by atoms with Gasteiger partial charge in [-0.25, -0.2) is 4.79 Å². The van der Waals surface area contributed by atoms with Gasteiger partial charge in [-0.2, -0.15) is 0 Å². The molecule has 0 unspecified atom stereocenters. The minimum Gasteiger partial charge on any atom is -0.478 e. The monoisotopic (exact) mass is 176 g/mol. The zero-order valence-corrected chi connectivity index (χ0v) is 6.90. The van der Waals surface area contributed by atoms with Crippen LogP contribution in [0.1, 0.15) is 10.4 Å². The Morgan fingerprint density at radius 1 is 1.23 bits per heavy atom. The minimum atomic E-state index is -0.927. The molecule has 1 aliphatic rings. The lowest BCUT2D eigenvalue weighted by Crippen LogP contribution is -2.30. The number of carboxylic acid groups (broad SMARTS) is 1. The summed E-state index contributed by atoms with van der Waals surface area (Å²) in [5.74, 6) is -0.927. The zero-order chi connectivity index (χ0) is 9.26. The van der Waals surface area contributed by atoms with Gasteiger partial charge >= 0.3 is 5.97 Å². The molecule has 1 N–H and O–H groups in total. The number of rotatable bonds is 1. The van der Waals surface area contributed by atoms with Crippen LogP contribution in [0.2, 0.25) is 0 Å². The Kier molecular flexibility index (Phi) is 1.81. The molecule has 1 aromatic rings. The van der Waals surface area contributed by atoms with Gasteiger partial charge in [0, 0.05) is 0 Å². The molecule has 2 rings (SSSR count). The number of carbonyl (C=O) groups is 1. The van der Waals surface area contributed by atoms with Gasteiger partial charge in [-0.05, 0) is 18.2 Å². The van der Waals surface area contributed by atoms with E-state index >= 15 is 0 Å². The summed E-state index contributed by atoms with van der Waals surface area (Å²) in [7, 11) is 0. The third-order valence-corrected chi connectivity index (χ3v) is 1.89. The van der Waals surface area contributed by atoms with E-state index in [2.05, 4.69) is 9.98 Å². The molecular formula is C9H8N2O2. The van der Waals surface area contributed by atoms with E-state index in [1.54, 1.807) is 18.2 Å². The van der Waals surface area contributed by atoms with Gasteiger partial charge < -0.3 is 5.11 Å². The lowest BCUT2D eigenvalue weighted by atomic mass is 10.2. The standard InChI is InChI=1S/C9H8N2O2/c12-9(13)6-1-2-7-8(5-6)11-4-3-10-7/h1-2,5H,3-4H2,(H,12,13). The highest BCUT2D eigenvalue weighted by molar-refractivity contribution is 5.87. The maximum Gasteiger partial charge on any atom is 0.335 e. The second kappa shape index (κ2) is 2.97. The van der Waals surface area contributed by atoms with Crippen molar-refractivity contribution < 1.29 is 9.90 Å². The van der Waals surface area contributed by atoms with Gasteiger partial charge in [0.2, 0.25) is 0 Å². The predicted octanol–water partition coefficient (Wildman–Crippen LogP) is -0.362. The quantitative estimate of drug-likeness (QED) is 0.635. The normalized spacial score (nSPS) is 13.8. The molecule has 13 heavy (non-hydrogen) atoms. The van der Waals surface area contributed by atoms with Gasteiger partial charge in [-0.3, -0.25) is 9.98 Å². The number of hydrogen-bond acceptors (Lipinski definition) is 3. The summed E-state index contributed by atoms with van der Waals surface area (Å²) in [6.07, 6.45) is 0. The van der Waals surface area contributed by atoms with Crippen LogP contribution in [-0.2, 0) is 0 Å². The fourth-order valence-corrected chi connectivity index (χ4v) is 1.26. The molecule has 1 aromatic carbocycles. The summed E-state index contributed by atoms with van der Waals surface area (Å²) in [5, 5.41) is 10.2. The molecule has 0 bridgehead atoms. The summed E-state index contributed by atoms with van der Waals surface area (Å²) in [6, 6.07) is 4.80. The van der Waals surface area contributed by atoms with Crippen LogP contribution < -0.4 is 10.7 Å². The van der Waals surface area contributed by atoms with Crippen molar-refractivity contribution in [3.8, 4) is 0 Å². The van der Waals surface area contributed by atoms with Crippen LogP contribution >= 0.6 is 0 Å². The van der Waals surface area contributed by atoms with E-state index in [0.717, 1.165) is 5.36 Å². The molecule has 0 atom stereocenters. The first-order valence-corrected chi connectivity index (χ1v) is 4.00. The van der Waals surface area contributed by atoms with Crippen molar-refractivity contribution in [1.82, 2.24) is 0 Å². The first-order valence-electron chi connectivity index (χ1n) is 4.00. The van der Waals surface area contributed by atoms with Crippen molar-refractivity contribution in [3.05, 3.63) is 34.5 Å². The average Bonchev–Trinajstić information content (AvgIpc) is 2.17. The van der Waals surface area contributed by atoms with Crippen LogP contribution in [0.4, 0.5) is 0 Å². The third-order valence-electron chi connectivity index (χ3n) is 1.89. The molecule has 0 aliphatic carbocycles. The van der Waals surface area contributed by atoms with Crippen LogP contribution in [0.5, 0.6) is 0 Å².